The standard InChI is InChI=1S/C7H15NO4/c9-2-1-4-6(11)7(12)5(10)3-8-4/h4-12H,1-3H2/t4-,5-,6-,7-/m1/s1. The van der Waals surface area contributed by atoms with Crippen molar-refractivity contribution in [1.29, 1.82) is 0 Å². The van der Waals surface area contributed by atoms with Crippen molar-refractivity contribution in [2.75, 3.05) is 13.2 Å². The Hall–Kier alpha value is -0.200. The van der Waals surface area contributed by atoms with Crippen molar-refractivity contribution in [3.8, 4) is 0 Å². The molecule has 0 aromatic carbocycles. The summed E-state index contributed by atoms with van der Waals surface area (Å²) in [6.45, 7) is 0.209. The van der Waals surface area contributed by atoms with Gasteiger partial charge >= 0.3 is 0 Å². The fraction of sp³-hybridized carbons (Fsp3) is 1.00. The average molecular weight is 177 g/mol. The molecule has 5 N–H and O–H groups in total. The lowest BCUT2D eigenvalue weighted by atomic mass is 9.94. The van der Waals surface area contributed by atoms with Crippen molar-refractivity contribution in [2.45, 2.75) is 30.8 Å². The van der Waals surface area contributed by atoms with Gasteiger partial charge in [0.2, 0.25) is 0 Å². The molecule has 0 unspecified atom stereocenters. The molecular formula is C7H15NO4. The molecule has 1 fully saturated rings. The van der Waals surface area contributed by atoms with Gasteiger partial charge in [-0.2, -0.15) is 0 Å². The molecule has 4 atom stereocenters. The summed E-state index contributed by atoms with van der Waals surface area (Å²) >= 11 is 0. The molecule has 1 saturated heterocycles. The van der Waals surface area contributed by atoms with Gasteiger partial charge in [-0.05, 0) is 6.42 Å². The molecule has 0 bridgehead atoms. The summed E-state index contributed by atoms with van der Waals surface area (Å²) in [5.41, 5.74) is 0. The van der Waals surface area contributed by atoms with E-state index in [4.69, 9.17) is 10.2 Å². The predicted octanol–water partition coefficient (Wildman–Crippen LogP) is -2.58. The molecule has 0 aromatic heterocycles. The third-order valence-electron chi connectivity index (χ3n) is 2.19. The minimum absolute atomic E-state index is 0.0441. The average Bonchev–Trinajstić information content (AvgIpc) is 2.07. The summed E-state index contributed by atoms with van der Waals surface area (Å²) in [6.07, 6.45) is -2.65. The van der Waals surface area contributed by atoms with Crippen LogP contribution in [0.1, 0.15) is 6.42 Å². The molecule has 1 heterocycles. The molecule has 5 nitrogen and oxygen atoms in total. The van der Waals surface area contributed by atoms with Gasteiger partial charge in [0.1, 0.15) is 6.10 Å². The lowest BCUT2D eigenvalue weighted by Crippen LogP contribution is -2.59. The molecule has 0 spiro atoms. The minimum atomic E-state index is -1.11. The first-order valence-electron chi connectivity index (χ1n) is 4.05. The van der Waals surface area contributed by atoms with E-state index in [1.165, 1.54) is 0 Å². The van der Waals surface area contributed by atoms with Crippen molar-refractivity contribution in [2.24, 2.45) is 0 Å². The summed E-state index contributed by atoms with van der Waals surface area (Å²) in [4.78, 5) is 0. The topological polar surface area (TPSA) is 93.0 Å². The van der Waals surface area contributed by atoms with E-state index in [1.807, 2.05) is 0 Å². The zero-order valence-corrected chi connectivity index (χ0v) is 6.72. The van der Waals surface area contributed by atoms with E-state index in [0.717, 1.165) is 0 Å². The fourth-order valence-electron chi connectivity index (χ4n) is 1.39. The highest BCUT2D eigenvalue weighted by molar-refractivity contribution is 4.91. The summed E-state index contributed by atoms with van der Waals surface area (Å²) in [7, 11) is 0. The van der Waals surface area contributed by atoms with Crippen LogP contribution >= 0.6 is 0 Å². The highest BCUT2D eigenvalue weighted by atomic mass is 16.4. The second-order valence-corrected chi connectivity index (χ2v) is 3.08. The fourth-order valence-corrected chi connectivity index (χ4v) is 1.39. The number of nitrogens with one attached hydrogen (secondary N) is 1. The van der Waals surface area contributed by atoms with Gasteiger partial charge in [0, 0.05) is 19.2 Å². The number of rotatable bonds is 2. The van der Waals surface area contributed by atoms with Gasteiger partial charge in [0.15, 0.2) is 0 Å². The van der Waals surface area contributed by atoms with E-state index in [1.54, 1.807) is 0 Å². The number of aliphatic hydroxyl groups is 4. The molecule has 0 aromatic rings. The molecule has 0 radical (unpaired) electrons. The maximum atomic E-state index is 9.36. The number of hydrogen-bond donors (Lipinski definition) is 5. The Morgan fingerprint density at radius 3 is 2.42 bits per heavy atom. The summed E-state index contributed by atoms with van der Waals surface area (Å²) in [5.74, 6) is 0. The summed E-state index contributed by atoms with van der Waals surface area (Å²) in [6, 6.07) is -0.326. The quantitative estimate of drug-likeness (QED) is 0.319. The van der Waals surface area contributed by atoms with Crippen molar-refractivity contribution < 1.29 is 20.4 Å². The normalized spacial score (nSPS) is 43.0. The van der Waals surface area contributed by atoms with E-state index in [0.29, 0.717) is 6.42 Å². The van der Waals surface area contributed by atoms with Crippen LogP contribution in [0.2, 0.25) is 0 Å². The van der Waals surface area contributed by atoms with E-state index in [-0.39, 0.29) is 19.2 Å². The van der Waals surface area contributed by atoms with Gasteiger partial charge in [-0.15, -0.1) is 0 Å². The molecule has 1 aliphatic heterocycles. The Balaban J connectivity index is 2.46. The van der Waals surface area contributed by atoms with Crippen LogP contribution in [0.25, 0.3) is 0 Å². The van der Waals surface area contributed by atoms with E-state index in [2.05, 4.69) is 5.32 Å². The van der Waals surface area contributed by atoms with Gasteiger partial charge in [-0.1, -0.05) is 0 Å². The highest BCUT2D eigenvalue weighted by Crippen LogP contribution is 2.12. The van der Waals surface area contributed by atoms with Gasteiger partial charge in [0.05, 0.1) is 12.2 Å². The molecule has 12 heavy (non-hydrogen) atoms. The summed E-state index contributed by atoms with van der Waals surface area (Å²) in [5, 5.41) is 39.1. The zero-order valence-electron chi connectivity index (χ0n) is 6.72. The van der Waals surface area contributed by atoms with Gasteiger partial charge in [-0.3, -0.25) is 0 Å². The molecule has 0 saturated carbocycles. The summed E-state index contributed by atoms with van der Waals surface area (Å²) < 4.78 is 0. The van der Waals surface area contributed by atoms with Crippen LogP contribution in [0.5, 0.6) is 0 Å². The third-order valence-corrected chi connectivity index (χ3v) is 2.19. The number of β-amino-alcohol motifs (C(OH)–C–C–N with tert-alkyl or cyclic N) is 1. The first-order chi connectivity index (χ1) is 5.66. The molecule has 72 valence electrons. The van der Waals surface area contributed by atoms with E-state index >= 15 is 0 Å². The van der Waals surface area contributed by atoms with Crippen LogP contribution < -0.4 is 5.32 Å². The van der Waals surface area contributed by atoms with Crippen LogP contribution in [0.15, 0.2) is 0 Å². The molecule has 1 aliphatic rings. The molecule has 5 heteroatoms. The SMILES string of the molecule is OCC[C@H]1NC[C@@H](O)[C@@H](O)[C@@H]1O. The number of piperidine rings is 1. The Labute approximate surface area is 70.6 Å². The van der Waals surface area contributed by atoms with E-state index < -0.39 is 18.3 Å². The van der Waals surface area contributed by atoms with Crippen molar-refractivity contribution in [3.63, 3.8) is 0 Å². The smallest absolute Gasteiger partial charge is 0.108 e. The first-order valence-corrected chi connectivity index (χ1v) is 4.05. The zero-order chi connectivity index (χ0) is 9.14. The Kier molecular flexibility index (Phi) is 3.42. The van der Waals surface area contributed by atoms with Crippen LogP contribution in [0.3, 0.4) is 0 Å². The molecule has 0 amide bonds. The van der Waals surface area contributed by atoms with Crippen molar-refractivity contribution in [1.82, 2.24) is 5.32 Å². The van der Waals surface area contributed by atoms with Gasteiger partial charge in [0.25, 0.3) is 0 Å². The van der Waals surface area contributed by atoms with E-state index in [9.17, 15) is 10.2 Å². The lowest BCUT2D eigenvalue weighted by Gasteiger charge is -2.35. The maximum absolute atomic E-state index is 9.36. The molecule has 0 aliphatic carbocycles. The predicted molar refractivity (Wildman–Crippen MR) is 41.5 cm³/mol. The molecule has 1 rings (SSSR count). The Morgan fingerprint density at radius 2 is 1.83 bits per heavy atom. The van der Waals surface area contributed by atoms with Crippen molar-refractivity contribution >= 4 is 0 Å². The first kappa shape index (κ1) is 9.88. The second kappa shape index (κ2) is 4.15. The highest BCUT2D eigenvalue weighted by Gasteiger charge is 2.35. The molecular weight excluding hydrogens is 162 g/mol. The van der Waals surface area contributed by atoms with Gasteiger partial charge in [-0.25, -0.2) is 0 Å². The van der Waals surface area contributed by atoms with Gasteiger partial charge < -0.3 is 25.7 Å². The second-order valence-electron chi connectivity index (χ2n) is 3.08. The number of hydrogen-bond acceptors (Lipinski definition) is 5. The van der Waals surface area contributed by atoms with Crippen LogP contribution in [-0.2, 0) is 0 Å². The van der Waals surface area contributed by atoms with Crippen molar-refractivity contribution in [3.05, 3.63) is 0 Å². The van der Waals surface area contributed by atoms with Crippen LogP contribution in [0, 0.1) is 0 Å². The third kappa shape index (κ3) is 1.94. The van der Waals surface area contributed by atoms with Crippen LogP contribution in [-0.4, -0.2) is 57.9 Å². The minimum Gasteiger partial charge on any atom is -0.396 e. The Bertz CT molecular complexity index is 143. The Morgan fingerprint density at radius 1 is 1.17 bits per heavy atom. The lowest BCUT2D eigenvalue weighted by molar-refractivity contribution is -0.0965. The monoisotopic (exact) mass is 177 g/mol. The number of aliphatic hydroxyl groups excluding tert-OH is 4. The largest absolute Gasteiger partial charge is 0.396 e. The van der Waals surface area contributed by atoms with Crippen LogP contribution in [0.4, 0.5) is 0 Å². The maximum Gasteiger partial charge on any atom is 0.108 e.